The molecule has 10 heavy (non-hydrogen) atoms. The molecule has 0 heterocycles. The summed E-state index contributed by atoms with van der Waals surface area (Å²) >= 11 is 6.51. The number of nitrogen functional groups attached to an aromatic ring is 2. The fourth-order valence-electron chi connectivity index (χ4n) is 0.578. The zero-order valence-electron chi connectivity index (χ0n) is 5.07. The third kappa shape index (κ3) is 1.44. The van der Waals surface area contributed by atoms with Gasteiger partial charge in [0.2, 0.25) is 0 Å². The van der Waals surface area contributed by atoms with E-state index in [2.05, 4.69) is 31.9 Å². The molecule has 1 aromatic rings. The minimum absolute atomic E-state index is 0.682. The van der Waals surface area contributed by atoms with Crippen molar-refractivity contribution >= 4 is 43.2 Å². The van der Waals surface area contributed by atoms with Crippen molar-refractivity contribution in [3.05, 3.63) is 21.1 Å². The second-order valence-corrected chi connectivity index (χ2v) is 3.60. The summed E-state index contributed by atoms with van der Waals surface area (Å²) in [5.41, 5.74) is 12.5. The van der Waals surface area contributed by atoms with Gasteiger partial charge < -0.3 is 11.5 Å². The summed E-state index contributed by atoms with van der Waals surface area (Å²) in [6, 6.07) is 3.53. The van der Waals surface area contributed by atoms with Gasteiger partial charge in [0.1, 0.15) is 0 Å². The second kappa shape index (κ2) is 2.80. The molecular weight excluding hydrogens is 260 g/mol. The zero-order valence-corrected chi connectivity index (χ0v) is 8.24. The van der Waals surface area contributed by atoms with Crippen LogP contribution in [0.25, 0.3) is 0 Å². The number of hydrogen-bond donors (Lipinski definition) is 2. The van der Waals surface area contributed by atoms with Crippen LogP contribution < -0.4 is 11.5 Å². The van der Waals surface area contributed by atoms with Gasteiger partial charge in [0.15, 0.2) is 0 Å². The Balaban J connectivity index is 3.28. The van der Waals surface area contributed by atoms with Gasteiger partial charge in [0, 0.05) is 20.3 Å². The van der Waals surface area contributed by atoms with Gasteiger partial charge in [0.05, 0.1) is 0 Å². The van der Waals surface area contributed by atoms with Crippen molar-refractivity contribution in [3.8, 4) is 0 Å². The van der Waals surface area contributed by atoms with E-state index in [0.717, 1.165) is 8.95 Å². The molecule has 4 heteroatoms. The number of benzene rings is 1. The van der Waals surface area contributed by atoms with Crippen LogP contribution in [0.1, 0.15) is 0 Å². The maximum absolute atomic E-state index is 5.56. The molecule has 0 bridgehead atoms. The van der Waals surface area contributed by atoms with Gasteiger partial charge in [-0.1, -0.05) is 0 Å². The summed E-state index contributed by atoms with van der Waals surface area (Å²) in [6.07, 6.45) is 0. The van der Waals surface area contributed by atoms with Crippen molar-refractivity contribution in [2.24, 2.45) is 0 Å². The normalized spacial score (nSPS) is 9.80. The Hall–Kier alpha value is -0.220. The van der Waals surface area contributed by atoms with E-state index in [9.17, 15) is 0 Å². The Kier molecular flexibility index (Phi) is 2.21. The molecule has 1 rings (SSSR count). The molecule has 0 radical (unpaired) electrons. The molecule has 0 saturated carbocycles. The van der Waals surface area contributed by atoms with Crippen LogP contribution in [-0.2, 0) is 0 Å². The van der Waals surface area contributed by atoms with Gasteiger partial charge in [-0.3, -0.25) is 0 Å². The van der Waals surface area contributed by atoms with Crippen molar-refractivity contribution in [1.82, 2.24) is 0 Å². The van der Waals surface area contributed by atoms with E-state index in [-0.39, 0.29) is 0 Å². The van der Waals surface area contributed by atoms with Crippen molar-refractivity contribution in [3.63, 3.8) is 0 Å². The standard InChI is InChI=1S/C6H6Br2N2/c7-3-1-5(9)4(8)2-6(3)10/h1-2H,9-10H2. The third-order valence-electron chi connectivity index (χ3n) is 1.12. The molecule has 1 aromatic carbocycles. The Labute approximate surface area is 75.8 Å². The fraction of sp³-hybridized carbons (Fsp3) is 0. The molecule has 0 aromatic heterocycles. The van der Waals surface area contributed by atoms with Crippen LogP contribution in [0.3, 0.4) is 0 Å². The van der Waals surface area contributed by atoms with Crippen LogP contribution in [0.5, 0.6) is 0 Å². The van der Waals surface area contributed by atoms with Crippen LogP contribution in [-0.4, -0.2) is 0 Å². The predicted molar refractivity (Wildman–Crippen MR) is 50.7 cm³/mol. The maximum atomic E-state index is 5.56. The zero-order chi connectivity index (χ0) is 7.72. The van der Waals surface area contributed by atoms with E-state index in [1.165, 1.54) is 0 Å². The third-order valence-corrected chi connectivity index (χ3v) is 2.49. The molecule has 4 N–H and O–H groups in total. The quantitative estimate of drug-likeness (QED) is 0.708. The number of halogens is 2. The average molecular weight is 266 g/mol. The summed E-state index contributed by atoms with van der Waals surface area (Å²) in [6.45, 7) is 0. The minimum Gasteiger partial charge on any atom is -0.398 e. The van der Waals surface area contributed by atoms with Gasteiger partial charge in [-0.15, -0.1) is 0 Å². The predicted octanol–water partition coefficient (Wildman–Crippen LogP) is 2.38. The number of nitrogens with two attached hydrogens (primary N) is 2. The Morgan fingerprint density at radius 2 is 1.20 bits per heavy atom. The Morgan fingerprint density at radius 1 is 0.900 bits per heavy atom. The maximum Gasteiger partial charge on any atom is 0.0471 e. The smallest absolute Gasteiger partial charge is 0.0471 e. The first-order chi connectivity index (χ1) is 4.61. The van der Waals surface area contributed by atoms with E-state index in [0.29, 0.717) is 11.4 Å². The molecule has 0 atom stereocenters. The summed E-state index contributed by atoms with van der Waals surface area (Å²) in [7, 11) is 0. The second-order valence-electron chi connectivity index (χ2n) is 1.90. The molecule has 0 aliphatic rings. The highest BCUT2D eigenvalue weighted by molar-refractivity contribution is 9.11. The van der Waals surface area contributed by atoms with E-state index in [4.69, 9.17) is 11.5 Å². The van der Waals surface area contributed by atoms with Gasteiger partial charge in [-0.05, 0) is 44.0 Å². The van der Waals surface area contributed by atoms with Gasteiger partial charge >= 0.3 is 0 Å². The highest BCUT2D eigenvalue weighted by Gasteiger charge is 1.99. The van der Waals surface area contributed by atoms with Crippen molar-refractivity contribution < 1.29 is 0 Å². The first-order valence-corrected chi connectivity index (χ1v) is 4.20. The molecule has 54 valence electrons. The summed E-state index contributed by atoms with van der Waals surface area (Å²) in [5, 5.41) is 0. The molecule has 0 saturated heterocycles. The van der Waals surface area contributed by atoms with E-state index in [1.54, 1.807) is 12.1 Å². The molecular formula is C6H6Br2N2. The molecule has 0 spiro atoms. The average Bonchev–Trinajstić information content (AvgIpc) is 1.84. The molecule has 2 nitrogen and oxygen atoms in total. The Bertz CT molecular complexity index is 210. The van der Waals surface area contributed by atoms with E-state index >= 15 is 0 Å². The highest BCUT2D eigenvalue weighted by atomic mass is 79.9. The molecule has 0 aliphatic carbocycles. The van der Waals surface area contributed by atoms with Crippen molar-refractivity contribution in [2.45, 2.75) is 0 Å². The van der Waals surface area contributed by atoms with Crippen LogP contribution >= 0.6 is 31.9 Å². The Morgan fingerprint density at radius 3 is 1.50 bits per heavy atom. The molecule has 0 amide bonds. The highest BCUT2D eigenvalue weighted by Crippen LogP contribution is 2.28. The number of anilines is 2. The van der Waals surface area contributed by atoms with Gasteiger partial charge in [-0.25, -0.2) is 0 Å². The molecule has 0 unspecified atom stereocenters. The monoisotopic (exact) mass is 264 g/mol. The first kappa shape index (κ1) is 7.88. The molecule has 0 fully saturated rings. The topological polar surface area (TPSA) is 52.0 Å². The lowest BCUT2D eigenvalue weighted by Gasteiger charge is -2.01. The lowest BCUT2D eigenvalue weighted by atomic mass is 10.3. The van der Waals surface area contributed by atoms with Crippen molar-refractivity contribution in [2.75, 3.05) is 11.5 Å². The number of rotatable bonds is 0. The first-order valence-electron chi connectivity index (χ1n) is 2.61. The fourth-order valence-corrected chi connectivity index (χ4v) is 1.30. The summed E-state index contributed by atoms with van der Waals surface area (Å²) < 4.78 is 1.65. The SMILES string of the molecule is Nc1cc(Br)c(N)cc1Br. The summed E-state index contributed by atoms with van der Waals surface area (Å²) in [4.78, 5) is 0. The van der Waals surface area contributed by atoms with E-state index in [1.807, 2.05) is 0 Å². The van der Waals surface area contributed by atoms with Crippen LogP contribution in [0.4, 0.5) is 11.4 Å². The van der Waals surface area contributed by atoms with Crippen LogP contribution in [0, 0.1) is 0 Å². The lowest BCUT2D eigenvalue weighted by Crippen LogP contribution is -1.91. The van der Waals surface area contributed by atoms with Crippen LogP contribution in [0.2, 0.25) is 0 Å². The largest absolute Gasteiger partial charge is 0.398 e. The van der Waals surface area contributed by atoms with Gasteiger partial charge in [0.25, 0.3) is 0 Å². The molecule has 0 aliphatic heterocycles. The summed E-state index contributed by atoms with van der Waals surface area (Å²) in [5.74, 6) is 0. The van der Waals surface area contributed by atoms with Gasteiger partial charge in [-0.2, -0.15) is 0 Å². The van der Waals surface area contributed by atoms with Crippen LogP contribution in [0.15, 0.2) is 21.1 Å². The lowest BCUT2D eigenvalue weighted by molar-refractivity contribution is 1.58. The minimum atomic E-state index is 0.682. The van der Waals surface area contributed by atoms with Crippen molar-refractivity contribution in [1.29, 1.82) is 0 Å². The van der Waals surface area contributed by atoms with E-state index < -0.39 is 0 Å². The number of hydrogen-bond acceptors (Lipinski definition) is 2.